The third-order valence-corrected chi connectivity index (χ3v) is 3.80. The molecular formula is C17H21BrN2O. The molecule has 0 aliphatic carbocycles. The van der Waals surface area contributed by atoms with Crippen molar-refractivity contribution in [3.8, 4) is 5.75 Å². The van der Waals surface area contributed by atoms with Gasteiger partial charge in [0.05, 0.1) is 12.1 Å². The Hall–Kier alpha value is -1.36. The Labute approximate surface area is 134 Å². The lowest BCUT2D eigenvalue weighted by atomic mass is 9.95. The van der Waals surface area contributed by atoms with Crippen molar-refractivity contribution in [2.75, 3.05) is 0 Å². The number of para-hydroxylation sites is 1. The highest BCUT2D eigenvalue weighted by atomic mass is 79.9. The zero-order valence-corrected chi connectivity index (χ0v) is 14.1. The topological polar surface area (TPSA) is 47.3 Å². The van der Waals surface area contributed by atoms with Crippen LogP contribution in [-0.4, -0.2) is 6.10 Å². The van der Waals surface area contributed by atoms with Gasteiger partial charge in [-0.1, -0.05) is 40.2 Å². The van der Waals surface area contributed by atoms with Crippen molar-refractivity contribution < 1.29 is 4.74 Å². The molecule has 2 aromatic rings. The van der Waals surface area contributed by atoms with Crippen molar-refractivity contribution in [1.82, 2.24) is 5.43 Å². The molecule has 0 spiro atoms. The summed E-state index contributed by atoms with van der Waals surface area (Å²) in [5, 5.41) is 0. The maximum atomic E-state index is 5.91. The standard InChI is InChI=1S/C17H21BrN2O/c1-11(2)21-16-7-5-4-6-15(16)17(20-19)14-9-8-13(18)10-12(14)3/h4-11,17,20H,19H2,1-3H3. The largest absolute Gasteiger partial charge is 0.491 e. The van der Waals surface area contributed by atoms with E-state index in [0.29, 0.717) is 0 Å². The van der Waals surface area contributed by atoms with E-state index in [1.807, 2.05) is 44.2 Å². The molecule has 2 aromatic carbocycles. The predicted molar refractivity (Wildman–Crippen MR) is 90.3 cm³/mol. The summed E-state index contributed by atoms with van der Waals surface area (Å²) in [6, 6.07) is 14.1. The van der Waals surface area contributed by atoms with Crippen molar-refractivity contribution in [1.29, 1.82) is 0 Å². The molecule has 0 heterocycles. The lowest BCUT2D eigenvalue weighted by Crippen LogP contribution is -2.30. The highest BCUT2D eigenvalue weighted by Gasteiger charge is 2.19. The van der Waals surface area contributed by atoms with Crippen molar-refractivity contribution in [2.45, 2.75) is 32.9 Å². The van der Waals surface area contributed by atoms with Crippen LogP contribution in [0.4, 0.5) is 0 Å². The summed E-state index contributed by atoms with van der Waals surface area (Å²) in [5.74, 6) is 6.69. The van der Waals surface area contributed by atoms with Crippen molar-refractivity contribution in [3.05, 3.63) is 63.6 Å². The monoisotopic (exact) mass is 348 g/mol. The molecule has 1 unspecified atom stereocenters. The van der Waals surface area contributed by atoms with Crippen LogP contribution in [0.5, 0.6) is 5.75 Å². The zero-order chi connectivity index (χ0) is 15.4. The molecule has 0 bridgehead atoms. The van der Waals surface area contributed by atoms with Gasteiger partial charge in [-0.15, -0.1) is 0 Å². The van der Waals surface area contributed by atoms with Crippen LogP contribution < -0.4 is 16.0 Å². The number of hydrazine groups is 1. The van der Waals surface area contributed by atoms with Crippen LogP contribution in [0.1, 0.15) is 36.6 Å². The Bertz CT molecular complexity index is 613. The van der Waals surface area contributed by atoms with Crippen molar-refractivity contribution in [2.24, 2.45) is 5.84 Å². The van der Waals surface area contributed by atoms with E-state index in [-0.39, 0.29) is 12.1 Å². The van der Waals surface area contributed by atoms with E-state index < -0.39 is 0 Å². The second-order valence-corrected chi connectivity index (χ2v) is 6.22. The lowest BCUT2D eigenvalue weighted by molar-refractivity contribution is 0.238. The fourth-order valence-electron chi connectivity index (χ4n) is 2.39. The van der Waals surface area contributed by atoms with Crippen LogP contribution >= 0.6 is 15.9 Å². The molecule has 0 aliphatic heterocycles. The normalized spacial score (nSPS) is 12.5. The van der Waals surface area contributed by atoms with E-state index in [1.54, 1.807) is 0 Å². The van der Waals surface area contributed by atoms with Gasteiger partial charge in [0.25, 0.3) is 0 Å². The van der Waals surface area contributed by atoms with Gasteiger partial charge in [0.2, 0.25) is 0 Å². The first kappa shape index (κ1) is 16.0. The molecule has 1 atom stereocenters. The summed E-state index contributed by atoms with van der Waals surface area (Å²) in [7, 11) is 0. The molecule has 0 amide bonds. The highest BCUT2D eigenvalue weighted by molar-refractivity contribution is 9.10. The molecule has 0 saturated heterocycles. The Balaban J connectivity index is 2.46. The summed E-state index contributed by atoms with van der Waals surface area (Å²) >= 11 is 3.49. The molecule has 112 valence electrons. The van der Waals surface area contributed by atoms with Gasteiger partial charge < -0.3 is 4.74 Å². The molecule has 3 N–H and O–H groups in total. The minimum Gasteiger partial charge on any atom is -0.491 e. The Morgan fingerprint density at radius 2 is 1.81 bits per heavy atom. The summed E-state index contributed by atoms with van der Waals surface area (Å²) < 4.78 is 6.97. The lowest BCUT2D eigenvalue weighted by Gasteiger charge is -2.23. The molecule has 21 heavy (non-hydrogen) atoms. The number of hydrogen-bond donors (Lipinski definition) is 2. The van der Waals surface area contributed by atoms with E-state index in [2.05, 4.69) is 40.4 Å². The molecule has 0 fully saturated rings. The number of rotatable bonds is 5. The number of nitrogens with two attached hydrogens (primary N) is 1. The first-order chi connectivity index (χ1) is 10.0. The van der Waals surface area contributed by atoms with E-state index >= 15 is 0 Å². The van der Waals surface area contributed by atoms with Gasteiger partial charge >= 0.3 is 0 Å². The molecule has 3 nitrogen and oxygen atoms in total. The minimum absolute atomic E-state index is 0.104. The third kappa shape index (κ3) is 3.84. The van der Waals surface area contributed by atoms with Gasteiger partial charge in [-0.2, -0.15) is 0 Å². The van der Waals surface area contributed by atoms with Crippen LogP contribution in [0.2, 0.25) is 0 Å². The van der Waals surface area contributed by atoms with Crippen LogP contribution in [0.25, 0.3) is 0 Å². The Morgan fingerprint density at radius 3 is 2.43 bits per heavy atom. The van der Waals surface area contributed by atoms with Crippen LogP contribution in [0.15, 0.2) is 46.9 Å². The fourth-order valence-corrected chi connectivity index (χ4v) is 2.87. The average molecular weight is 349 g/mol. The van der Waals surface area contributed by atoms with Gasteiger partial charge in [0.15, 0.2) is 0 Å². The van der Waals surface area contributed by atoms with Crippen LogP contribution in [0, 0.1) is 6.92 Å². The van der Waals surface area contributed by atoms with Gasteiger partial charge in [-0.05, 0) is 50.1 Å². The van der Waals surface area contributed by atoms with E-state index in [4.69, 9.17) is 10.6 Å². The van der Waals surface area contributed by atoms with Gasteiger partial charge in [-0.25, -0.2) is 5.43 Å². The molecule has 0 aliphatic rings. The summed E-state index contributed by atoms with van der Waals surface area (Å²) in [6.45, 7) is 6.12. The Morgan fingerprint density at radius 1 is 1.10 bits per heavy atom. The van der Waals surface area contributed by atoms with Crippen molar-refractivity contribution in [3.63, 3.8) is 0 Å². The predicted octanol–water partition coefficient (Wildman–Crippen LogP) is 4.10. The number of halogens is 1. The van der Waals surface area contributed by atoms with Gasteiger partial charge in [0, 0.05) is 10.0 Å². The molecule has 0 aromatic heterocycles. The number of aryl methyl sites for hydroxylation is 1. The maximum absolute atomic E-state index is 5.91. The summed E-state index contributed by atoms with van der Waals surface area (Å²) in [4.78, 5) is 0. The number of benzene rings is 2. The second kappa shape index (κ2) is 7.07. The number of nitrogens with one attached hydrogen (secondary N) is 1. The molecular weight excluding hydrogens is 328 g/mol. The Kier molecular flexibility index (Phi) is 5.39. The van der Waals surface area contributed by atoms with E-state index in [0.717, 1.165) is 21.3 Å². The summed E-state index contributed by atoms with van der Waals surface area (Å²) in [5.41, 5.74) is 6.27. The van der Waals surface area contributed by atoms with Gasteiger partial charge in [0.1, 0.15) is 5.75 Å². The molecule has 0 saturated carbocycles. The third-order valence-electron chi connectivity index (χ3n) is 3.30. The first-order valence-corrected chi connectivity index (χ1v) is 7.80. The van der Waals surface area contributed by atoms with E-state index in [9.17, 15) is 0 Å². The van der Waals surface area contributed by atoms with Gasteiger partial charge in [-0.3, -0.25) is 5.84 Å². The number of ether oxygens (including phenoxy) is 1. The second-order valence-electron chi connectivity index (χ2n) is 5.31. The fraction of sp³-hybridized carbons (Fsp3) is 0.294. The average Bonchev–Trinajstić information content (AvgIpc) is 2.43. The summed E-state index contributed by atoms with van der Waals surface area (Å²) in [6.07, 6.45) is 0.121. The van der Waals surface area contributed by atoms with E-state index in [1.165, 1.54) is 5.56 Å². The minimum atomic E-state index is -0.104. The zero-order valence-electron chi connectivity index (χ0n) is 12.6. The molecule has 0 radical (unpaired) electrons. The molecule has 2 rings (SSSR count). The van der Waals surface area contributed by atoms with Crippen LogP contribution in [-0.2, 0) is 0 Å². The maximum Gasteiger partial charge on any atom is 0.124 e. The number of hydrogen-bond acceptors (Lipinski definition) is 3. The highest BCUT2D eigenvalue weighted by Crippen LogP contribution is 2.32. The SMILES string of the molecule is Cc1cc(Br)ccc1C(NN)c1ccccc1OC(C)C. The smallest absolute Gasteiger partial charge is 0.124 e. The van der Waals surface area contributed by atoms with Crippen LogP contribution in [0.3, 0.4) is 0 Å². The molecule has 4 heteroatoms. The van der Waals surface area contributed by atoms with Crippen molar-refractivity contribution >= 4 is 15.9 Å². The quantitative estimate of drug-likeness (QED) is 0.631. The first-order valence-electron chi connectivity index (χ1n) is 7.00.